The maximum absolute atomic E-state index is 10.9. The summed E-state index contributed by atoms with van der Waals surface area (Å²) in [6.45, 7) is 0. The number of nitro groups is 1. The van der Waals surface area contributed by atoms with Crippen LogP contribution in [0.25, 0.3) is 39.3 Å². The van der Waals surface area contributed by atoms with E-state index in [2.05, 4.69) is 4.98 Å². The van der Waals surface area contributed by atoms with Crippen LogP contribution in [0.1, 0.15) is 0 Å². The fourth-order valence-corrected chi connectivity index (χ4v) is 3.38. The normalized spacial score (nSPS) is 11.1. The Labute approximate surface area is 159 Å². The molecule has 0 N–H and O–H groups in total. The third-order valence-corrected chi connectivity index (χ3v) is 4.72. The van der Waals surface area contributed by atoms with Crippen LogP contribution in [0.2, 0.25) is 0 Å². The third kappa shape index (κ3) is 2.59. The van der Waals surface area contributed by atoms with Crippen LogP contribution in [-0.4, -0.2) is 19.3 Å². The number of para-hydroxylation sites is 2. The second-order valence-corrected chi connectivity index (χ2v) is 6.43. The summed E-state index contributed by atoms with van der Waals surface area (Å²) in [7, 11) is 0. The zero-order chi connectivity index (χ0) is 19.1. The van der Waals surface area contributed by atoms with Crippen molar-refractivity contribution < 1.29 is 4.92 Å². The van der Waals surface area contributed by atoms with Gasteiger partial charge in [-0.2, -0.15) is 0 Å². The molecular formula is C22H14N4O2. The number of imidazole rings is 1. The van der Waals surface area contributed by atoms with Gasteiger partial charge in [-0.1, -0.05) is 42.5 Å². The van der Waals surface area contributed by atoms with Gasteiger partial charge in [-0.15, -0.1) is 0 Å². The Hall–Kier alpha value is -4.06. The molecule has 5 aromatic rings. The molecule has 3 aromatic carbocycles. The lowest BCUT2D eigenvalue weighted by molar-refractivity contribution is -0.384. The van der Waals surface area contributed by atoms with Gasteiger partial charge in [-0.3, -0.25) is 14.5 Å². The molecule has 0 aliphatic heterocycles. The number of benzene rings is 3. The van der Waals surface area contributed by atoms with Crippen LogP contribution < -0.4 is 0 Å². The molecule has 134 valence electrons. The zero-order valence-electron chi connectivity index (χ0n) is 14.7. The van der Waals surface area contributed by atoms with E-state index < -0.39 is 4.92 Å². The number of hydrogen-bond donors (Lipinski definition) is 0. The Morgan fingerprint density at radius 1 is 0.786 bits per heavy atom. The van der Waals surface area contributed by atoms with Crippen molar-refractivity contribution in [3.63, 3.8) is 0 Å². The highest BCUT2D eigenvalue weighted by Gasteiger charge is 2.14. The monoisotopic (exact) mass is 366 g/mol. The topological polar surface area (TPSA) is 73.3 Å². The lowest BCUT2D eigenvalue weighted by Crippen LogP contribution is -1.97. The number of nitro benzene ring substituents is 1. The second kappa shape index (κ2) is 6.28. The van der Waals surface area contributed by atoms with E-state index in [9.17, 15) is 10.1 Å². The van der Waals surface area contributed by atoms with Crippen molar-refractivity contribution in [2.45, 2.75) is 0 Å². The minimum atomic E-state index is -0.406. The van der Waals surface area contributed by atoms with E-state index in [1.165, 1.54) is 12.1 Å². The number of fused-ring (bicyclic) bond motifs is 3. The smallest absolute Gasteiger partial charge is 0.269 e. The molecule has 2 aromatic heterocycles. The van der Waals surface area contributed by atoms with Gasteiger partial charge < -0.3 is 0 Å². The fourth-order valence-electron chi connectivity index (χ4n) is 3.38. The minimum Gasteiger partial charge on any atom is -0.276 e. The van der Waals surface area contributed by atoms with E-state index in [0.29, 0.717) is 5.78 Å². The van der Waals surface area contributed by atoms with Gasteiger partial charge in [0.15, 0.2) is 0 Å². The first kappa shape index (κ1) is 16.1. The van der Waals surface area contributed by atoms with Gasteiger partial charge in [0.25, 0.3) is 5.69 Å². The standard InChI is InChI=1S/C22H14N4O2/c27-26(28)17-12-10-15(11-13-17)19-14-21(16-6-2-1-3-7-16)25-20-9-5-4-8-18(20)23-22(25)24-19/h1-14H. The fraction of sp³-hybridized carbons (Fsp3) is 0. The number of rotatable bonds is 3. The van der Waals surface area contributed by atoms with Gasteiger partial charge in [0.05, 0.1) is 27.3 Å². The molecule has 0 aliphatic carbocycles. The lowest BCUT2D eigenvalue weighted by Gasteiger charge is -2.10. The van der Waals surface area contributed by atoms with Gasteiger partial charge in [0.2, 0.25) is 5.78 Å². The van der Waals surface area contributed by atoms with Gasteiger partial charge in [-0.05, 0) is 35.9 Å². The first-order chi connectivity index (χ1) is 13.7. The van der Waals surface area contributed by atoms with Gasteiger partial charge in [0.1, 0.15) is 0 Å². The van der Waals surface area contributed by atoms with Crippen LogP contribution in [0.5, 0.6) is 0 Å². The van der Waals surface area contributed by atoms with Crippen LogP contribution >= 0.6 is 0 Å². The predicted molar refractivity (Wildman–Crippen MR) is 108 cm³/mol. The van der Waals surface area contributed by atoms with Crippen molar-refractivity contribution >= 4 is 22.5 Å². The van der Waals surface area contributed by atoms with E-state index in [1.807, 2.05) is 65.1 Å². The third-order valence-electron chi connectivity index (χ3n) is 4.72. The van der Waals surface area contributed by atoms with Gasteiger partial charge in [-0.25, -0.2) is 9.97 Å². The molecule has 0 atom stereocenters. The van der Waals surface area contributed by atoms with Crippen molar-refractivity contribution in [3.8, 4) is 22.5 Å². The quantitative estimate of drug-likeness (QED) is 0.328. The summed E-state index contributed by atoms with van der Waals surface area (Å²) in [6, 6.07) is 26.4. The summed E-state index contributed by atoms with van der Waals surface area (Å²) < 4.78 is 2.04. The molecule has 0 unspecified atom stereocenters. The van der Waals surface area contributed by atoms with E-state index in [4.69, 9.17) is 4.98 Å². The Balaban J connectivity index is 1.80. The van der Waals surface area contributed by atoms with Crippen molar-refractivity contribution in [1.29, 1.82) is 0 Å². The van der Waals surface area contributed by atoms with Crippen LogP contribution in [0.4, 0.5) is 5.69 Å². The minimum absolute atomic E-state index is 0.0552. The molecule has 0 spiro atoms. The summed E-state index contributed by atoms with van der Waals surface area (Å²) in [6.07, 6.45) is 0. The Morgan fingerprint density at radius 2 is 1.50 bits per heavy atom. The molecule has 28 heavy (non-hydrogen) atoms. The van der Waals surface area contributed by atoms with Crippen molar-refractivity contribution in [2.75, 3.05) is 0 Å². The number of aromatic nitrogens is 3. The molecular weight excluding hydrogens is 352 g/mol. The molecule has 0 amide bonds. The van der Waals surface area contributed by atoms with E-state index >= 15 is 0 Å². The summed E-state index contributed by atoms with van der Waals surface area (Å²) >= 11 is 0. The van der Waals surface area contributed by atoms with Gasteiger partial charge >= 0.3 is 0 Å². The zero-order valence-corrected chi connectivity index (χ0v) is 14.7. The highest BCUT2D eigenvalue weighted by molar-refractivity contribution is 5.84. The Bertz CT molecular complexity index is 1330. The highest BCUT2D eigenvalue weighted by Crippen LogP contribution is 2.30. The summed E-state index contributed by atoms with van der Waals surface area (Å²) in [5.41, 5.74) is 5.44. The second-order valence-electron chi connectivity index (χ2n) is 6.43. The first-order valence-corrected chi connectivity index (χ1v) is 8.79. The molecule has 0 bridgehead atoms. The molecule has 6 heteroatoms. The van der Waals surface area contributed by atoms with E-state index in [1.54, 1.807) is 12.1 Å². The highest BCUT2D eigenvalue weighted by atomic mass is 16.6. The summed E-state index contributed by atoms with van der Waals surface area (Å²) in [5.74, 6) is 0.593. The summed E-state index contributed by atoms with van der Waals surface area (Å²) in [4.78, 5) is 19.9. The van der Waals surface area contributed by atoms with Crippen LogP contribution in [-0.2, 0) is 0 Å². The molecule has 2 heterocycles. The molecule has 0 aliphatic rings. The van der Waals surface area contributed by atoms with Gasteiger partial charge in [0, 0.05) is 17.7 Å². The largest absolute Gasteiger partial charge is 0.276 e. The number of hydrogen-bond acceptors (Lipinski definition) is 4. The molecule has 0 radical (unpaired) electrons. The Morgan fingerprint density at radius 3 is 2.25 bits per heavy atom. The Kier molecular flexibility index (Phi) is 3.62. The number of nitrogens with zero attached hydrogens (tertiary/aromatic N) is 4. The number of non-ortho nitro benzene ring substituents is 1. The molecule has 6 nitrogen and oxygen atoms in total. The van der Waals surface area contributed by atoms with Crippen molar-refractivity contribution in [1.82, 2.24) is 14.4 Å². The molecule has 0 saturated carbocycles. The van der Waals surface area contributed by atoms with E-state index in [-0.39, 0.29) is 5.69 Å². The summed E-state index contributed by atoms with van der Waals surface area (Å²) in [5, 5.41) is 10.9. The van der Waals surface area contributed by atoms with Crippen LogP contribution in [0.3, 0.4) is 0 Å². The molecule has 0 fully saturated rings. The lowest BCUT2D eigenvalue weighted by atomic mass is 10.1. The SMILES string of the molecule is O=[N+]([O-])c1ccc(-c2cc(-c3ccccc3)n3c(n2)nc2ccccc23)cc1. The van der Waals surface area contributed by atoms with E-state index in [0.717, 1.165) is 33.5 Å². The molecule has 0 saturated heterocycles. The van der Waals surface area contributed by atoms with Crippen LogP contribution in [0, 0.1) is 10.1 Å². The average Bonchev–Trinajstić information content (AvgIpc) is 3.12. The maximum atomic E-state index is 10.9. The van der Waals surface area contributed by atoms with Crippen LogP contribution in [0.15, 0.2) is 84.9 Å². The molecule has 5 rings (SSSR count). The first-order valence-electron chi connectivity index (χ1n) is 8.79. The predicted octanol–water partition coefficient (Wildman–Crippen LogP) is 5.12. The van der Waals surface area contributed by atoms with Crippen molar-refractivity contribution in [2.24, 2.45) is 0 Å². The average molecular weight is 366 g/mol. The maximum Gasteiger partial charge on any atom is 0.269 e. The van der Waals surface area contributed by atoms with Crippen molar-refractivity contribution in [3.05, 3.63) is 95.0 Å².